The number of ether oxygens (including phenoxy) is 2. The third kappa shape index (κ3) is 6.60. The minimum atomic E-state index is -3.65. The van der Waals surface area contributed by atoms with Crippen LogP contribution in [0.15, 0.2) is 67.3 Å². The number of imidazole rings is 1. The van der Waals surface area contributed by atoms with Gasteiger partial charge in [0.2, 0.25) is 10.0 Å². The number of fused-ring (bicyclic) bond motifs is 1. The lowest BCUT2D eigenvalue weighted by molar-refractivity contribution is -0.112. The largest absolute Gasteiger partial charge is 0.492 e. The molecule has 10 nitrogen and oxygen atoms in total. The topological polar surface area (TPSA) is 129 Å². The maximum absolute atomic E-state index is 13.4. The predicted molar refractivity (Wildman–Crippen MR) is 155 cm³/mol. The van der Waals surface area contributed by atoms with Crippen molar-refractivity contribution in [1.29, 1.82) is 0 Å². The quantitative estimate of drug-likeness (QED) is 0.213. The number of anilines is 2. The van der Waals surface area contributed by atoms with Crippen molar-refractivity contribution < 1.29 is 27.5 Å². The molecule has 4 rings (SSSR count). The van der Waals surface area contributed by atoms with Gasteiger partial charge in [0.15, 0.2) is 5.75 Å². The molecule has 1 aromatic heterocycles. The molecule has 0 saturated carbocycles. The number of nitrogens with zero attached hydrogens (tertiary/aromatic N) is 2. The third-order valence-electron chi connectivity index (χ3n) is 6.20. The van der Waals surface area contributed by atoms with Crippen LogP contribution < -0.4 is 19.5 Å². The van der Waals surface area contributed by atoms with Gasteiger partial charge in [-0.05, 0) is 40.6 Å². The fraction of sp³-hybridized carbons (Fsp3) is 0.276. The first kappa shape index (κ1) is 28.6. The van der Waals surface area contributed by atoms with Crippen LogP contribution in [0.3, 0.4) is 0 Å². The Labute approximate surface area is 233 Å². The Balaban J connectivity index is 1.64. The van der Waals surface area contributed by atoms with Crippen LogP contribution >= 0.6 is 0 Å². The number of carbonyl (C=O) groups is 2. The van der Waals surface area contributed by atoms with E-state index in [-0.39, 0.29) is 22.7 Å². The maximum atomic E-state index is 13.4. The number of benzene rings is 3. The second kappa shape index (κ2) is 11.4. The van der Waals surface area contributed by atoms with E-state index in [2.05, 4.69) is 15.0 Å². The average Bonchev–Trinajstić information content (AvgIpc) is 3.40. The Bertz CT molecular complexity index is 1660. The van der Waals surface area contributed by atoms with E-state index >= 15 is 0 Å². The van der Waals surface area contributed by atoms with Gasteiger partial charge < -0.3 is 19.4 Å². The fourth-order valence-corrected chi connectivity index (χ4v) is 4.78. The summed E-state index contributed by atoms with van der Waals surface area (Å²) in [4.78, 5) is 30.7. The molecule has 0 fully saturated rings. The fourth-order valence-electron chi connectivity index (χ4n) is 4.23. The Morgan fingerprint density at radius 1 is 1.02 bits per heavy atom. The molecular formula is C29H32N4O6S. The second-order valence-corrected chi connectivity index (χ2v) is 12.1. The van der Waals surface area contributed by atoms with Crippen LogP contribution in [0.2, 0.25) is 0 Å². The molecule has 0 bridgehead atoms. The van der Waals surface area contributed by atoms with Crippen LogP contribution in [0.4, 0.5) is 11.4 Å². The average molecular weight is 565 g/mol. The molecule has 40 heavy (non-hydrogen) atoms. The molecule has 210 valence electrons. The normalized spacial score (nSPS) is 11.7. The molecule has 1 heterocycles. The minimum absolute atomic E-state index is 0.0890. The van der Waals surface area contributed by atoms with Crippen molar-refractivity contribution in [3.63, 3.8) is 0 Å². The lowest BCUT2D eigenvalue weighted by atomic mass is 9.86. The third-order valence-corrected chi connectivity index (χ3v) is 6.79. The van der Waals surface area contributed by atoms with Crippen molar-refractivity contribution in [3.05, 3.63) is 78.4 Å². The zero-order chi connectivity index (χ0) is 29.1. The zero-order valence-corrected chi connectivity index (χ0v) is 23.8. The van der Waals surface area contributed by atoms with Crippen LogP contribution in [0, 0.1) is 0 Å². The summed E-state index contributed by atoms with van der Waals surface area (Å²) in [5, 5.41) is 3.90. The smallest absolute Gasteiger partial charge is 0.296 e. The number of nitrogens with one attached hydrogen (secondary N) is 2. The Morgan fingerprint density at radius 2 is 1.73 bits per heavy atom. The van der Waals surface area contributed by atoms with Gasteiger partial charge in [0, 0.05) is 23.3 Å². The highest BCUT2D eigenvalue weighted by Gasteiger charge is 2.25. The predicted octanol–water partition coefficient (Wildman–Crippen LogP) is 4.61. The highest BCUT2D eigenvalue weighted by atomic mass is 32.2. The van der Waals surface area contributed by atoms with E-state index in [0.717, 1.165) is 11.8 Å². The first-order chi connectivity index (χ1) is 18.9. The highest BCUT2D eigenvalue weighted by Crippen LogP contribution is 2.39. The standard InChI is InChI=1S/C29H32N4O6S/c1-29(2,3)19-16-23(27(38-4)24(17-19)32-40(5,36)37)31-28(35)26(34)22-10-11-25(21-9-7-6-8-20(21)22)39-15-14-33-13-12-30-18-33/h6-13,16-18,32H,14-15H2,1-5H3,(H,31,35). The van der Waals surface area contributed by atoms with Crippen molar-refractivity contribution >= 4 is 43.9 Å². The molecular weight excluding hydrogens is 532 g/mol. The van der Waals surface area contributed by atoms with E-state index in [1.807, 2.05) is 43.7 Å². The van der Waals surface area contributed by atoms with Crippen LogP contribution in [0.1, 0.15) is 36.7 Å². The van der Waals surface area contributed by atoms with E-state index in [4.69, 9.17) is 9.47 Å². The molecule has 0 saturated heterocycles. The van der Waals surface area contributed by atoms with Crippen molar-refractivity contribution in [2.45, 2.75) is 32.7 Å². The lowest BCUT2D eigenvalue weighted by Crippen LogP contribution is -2.24. The molecule has 0 radical (unpaired) electrons. The first-order valence-corrected chi connectivity index (χ1v) is 14.4. The second-order valence-electron chi connectivity index (χ2n) is 10.3. The van der Waals surface area contributed by atoms with Crippen molar-refractivity contribution in [3.8, 4) is 11.5 Å². The minimum Gasteiger partial charge on any atom is -0.492 e. The van der Waals surface area contributed by atoms with Crippen molar-refractivity contribution in [1.82, 2.24) is 9.55 Å². The summed E-state index contributed by atoms with van der Waals surface area (Å²) in [6.07, 6.45) is 6.26. The van der Waals surface area contributed by atoms with Crippen LogP contribution in [-0.4, -0.2) is 49.6 Å². The number of rotatable bonds is 10. The summed E-state index contributed by atoms with van der Waals surface area (Å²) in [6, 6.07) is 13.8. The van der Waals surface area contributed by atoms with Gasteiger partial charge in [0.1, 0.15) is 12.4 Å². The molecule has 0 aliphatic carbocycles. The molecule has 4 aromatic rings. The number of Topliss-reactive ketones (excluding diaryl/α,β-unsaturated/α-hetero) is 1. The molecule has 0 atom stereocenters. The number of hydrogen-bond acceptors (Lipinski definition) is 7. The molecule has 11 heteroatoms. The van der Waals surface area contributed by atoms with Gasteiger partial charge in [-0.2, -0.15) is 0 Å². The summed E-state index contributed by atoms with van der Waals surface area (Å²) in [7, 11) is -2.29. The molecule has 2 N–H and O–H groups in total. The number of hydrogen-bond donors (Lipinski definition) is 2. The molecule has 1 amide bonds. The summed E-state index contributed by atoms with van der Waals surface area (Å²) in [5.41, 5.74) is 0.861. The van der Waals surface area contributed by atoms with Crippen molar-refractivity contribution in [2.24, 2.45) is 0 Å². The van der Waals surface area contributed by atoms with E-state index in [0.29, 0.717) is 29.7 Å². The first-order valence-electron chi connectivity index (χ1n) is 12.5. The molecule has 0 spiro atoms. The van der Waals surface area contributed by atoms with Gasteiger partial charge in [-0.1, -0.05) is 45.0 Å². The van der Waals surface area contributed by atoms with Gasteiger partial charge in [0.25, 0.3) is 11.7 Å². The number of ketones is 1. The summed E-state index contributed by atoms with van der Waals surface area (Å²) in [6.45, 7) is 6.83. The summed E-state index contributed by atoms with van der Waals surface area (Å²) >= 11 is 0. The van der Waals surface area contributed by atoms with Gasteiger partial charge in [-0.25, -0.2) is 13.4 Å². The van der Waals surface area contributed by atoms with Gasteiger partial charge in [-0.3, -0.25) is 14.3 Å². The van der Waals surface area contributed by atoms with E-state index < -0.39 is 27.1 Å². The van der Waals surface area contributed by atoms with Gasteiger partial charge >= 0.3 is 0 Å². The Hall–Kier alpha value is -4.38. The molecule has 3 aromatic carbocycles. The van der Waals surface area contributed by atoms with Crippen molar-refractivity contribution in [2.75, 3.05) is 30.0 Å². The monoisotopic (exact) mass is 564 g/mol. The van der Waals surface area contributed by atoms with E-state index in [1.54, 1.807) is 48.9 Å². The number of sulfonamides is 1. The maximum Gasteiger partial charge on any atom is 0.296 e. The lowest BCUT2D eigenvalue weighted by Gasteiger charge is -2.23. The van der Waals surface area contributed by atoms with Crippen LogP contribution in [0.5, 0.6) is 11.5 Å². The SMILES string of the molecule is COc1c(NC(=O)C(=O)c2ccc(OCCn3ccnc3)c3ccccc23)cc(C(C)(C)C)cc1NS(C)(=O)=O. The number of methoxy groups -OCH3 is 1. The Kier molecular flexibility index (Phi) is 8.15. The Morgan fingerprint density at radius 3 is 2.35 bits per heavy atom. The number of carbonyl (C=O) groups excluding carboxylic acids is 2. The molecule has 0 unspecified atom stereocenters. The number of amides is 1. The van der Waals surface area contributed by atoms with Gasteiger partial charge in [0.05, 0.1) is 37.6 Å². The highest BCUT2D eigenvalue weighted by molar-refractivity contribution is 7.92. The molecule has 0 aliphatic rings. The number of aromatic nitrogens is 2. The van der Waals surface area contributed by atoms with Gasteiger partial charge in [-0.15, -0.1) is 0 Å². The van der Waals surface area contributed by atoms with E-state index in [1.165, 1.54) is 7.11 Å². The molecule has 0 aliphatic heterocycles. The summed E-state index contributed by atoms with van der Waals surface area (Å²) in [5.74, 6) is -0.981. The zero-order valence-electron chi connectivity index (χ0n) is 23.0. The van der Waals surface area contributed by atoms with E-state index in [9.17, 15) is 18.0 Å². The van der Waals surface area contributed by atoms with Crippen LogP contribution in [-0.2, 0) is 26.8 Å². The summed E-state index contributed by atoms with van der Waals surface area (Å²) < 4.78 is 39.8. The van der Waals surface area contributed by atoms with Crippen LogP contribution in [0.25, 0.3) is 10.8 Å².